The van der Waals surface area contributed by atoms with Crippen molar-refractivity contribution in [2.45, 2.75) is 38.5 Å². The fraction of sp³-hybridized carbons (Fsp3) is 0.667. The average Bonchev–Trinajstić information content (AvgIpc) is 2.16. The van der Waals surface area contributed by atoms with Gasteiger partial charge < -0.3 is 0 Å². The fourth-order valence-corrected chi connectivity index (χ4v) is 1.71. The van der Waals surface area contributed by atoms with E-state index in [1.807, 2.05) is 12.2 Å². The van der Waals surface area contributed by atoms with Gasteiger partial charge in [-0.3, -0.25) is 0 Å². The normalized spacial score (nSPS) is 10.3. The van der Waals surface area contributed by atoms with Crippen LogP contribution in [0.2, 0.25) is 0 Å². The zero-order valence-electron chi connectivity index (χ0n) is 8.47. The highest BCUT2D eigenvalue weighted by Gasteiger charge is 2.05. The summed E-state index contributed by atoms with van der Waals surface area (Å²) in [5.74, 6) is 1.50. The molecule has 0 bridgehead atoms. The molecule has 0 saturated heterocycles. The first kappa shape index (κ1) is 12.8. The Morgan fingerprint density at radius 3 is 1.77 bits per heavy atom. The van der Waals surface area contributed by atoms with Crippen LogP contribution < -0.4 is 0 Å². The first-order valence-electron chi connectivity index (χ1n) is 5.12. The lowest BCUT2D eigenvalue weighted by Crippen LogP contribution is -2.01. The minimum absolute atomic E-state index is 0.696. The molecule has 0 aromatic heterocycles. The molecule has 0 rings (SSSR count). The van der Waals surface area contributed by atoms with Crippen LogP contribution in [0.4, 0.5) is 0 Å². The van der Waals surface area contributed by atoms with Crippen molar-refractivity contribution in [2.24, 2.45) is 5.92 Å². The van der Waals surface area contributed by atoms with E-state index in [1.165, 1.54) is 25.7 Å². The second-order valence-electron chi connectivity index (χ2n) is 3.46. The lowest BCUT2D eigenvalue weighted by atomic mass is 9.98. The Hall–Kier alpha value is -0.230. The molecule has 0 aliphatic rings. The Morgan fingerprint density at radius 1 is 1.00 bits per heavy atom. The molecule has 76 valence electrons. The topological polar surface area (TPSA) is 0 Å². The highest BCUT2D eigenvalue weighted by molar-refractivity contribution is 6.18. The van der Waals surface area contributed by atoms with Crippen molar-refractivity contribution < 1.29 is 0 Å². The van der Waals surface area contributed by atoms with Crippen LogP contribution in [0, 0.1) is 5.92 Å². The van der Waals surface area contributed by atoms with Gasteiger partial charge in [-0.2, -0.15) is 0 Å². The Kier molecular flexibility index (Phi) is 9.68. The Bertz CT molecular complexity index is 115. The maximum atomic E-state index is 5.87. The summed E-state index contributed by atoms with van der Waals surface area (Å²) in [4.78, 5) is 0. The highest BCUT2D eigenvalue weighted by atomic mass is 35.5. The molecule has 0 aliphatic carbocycles. The van der Waals surface area contributed by atoms with E-state index in [0.717, 1.165) is 18.7 Å². The first-order valence-corrected chi connectivity index (χ1v) is 5.66. The molecule has 0 aromatic carbocycles. The van der Waals surface area contributed by atoms with Gasteiger partial charge in [0.15, 0.2) is 0 Å². The second-order valence-corrected chi connectivity index (χ2v) is 3.77. The zero-order chi connectivity index (χ0) is 9.94. The van der Waals surface area contributed by atoms with Crippen LogP contribution in [0.5, 0.6) is 0 Å². The summed E-state index contributed by atoms with van der Waals surface area (Å²) in [5.41, 5.74) is 0. The smallest absolute Gasteiger partial charge is 0.0251 e. The molecular formula is C12H21Cl. The van der Waals surface area contributed by atoms with Crippen LogP contribution in [-0.2, 0) is 0 Å². The molecule has 0 spiro atoms. The summed E-state index contributed by atoms with van der Waals surface area (Å²) in [6.45, 7) is 7.43. The summed E-state index contributed by atoms with van der Waals surface area (Å²) in [6.07, 6.45) is 11.1. The van der Waals surface area contributed by atoms with Gasteiger partial charge in [-0.1, -0.05) is 12.2 Å². The molecule has 0 aliphatic heterocycles. The quantitative estimate of drug-likeness (QED) is 0.291. The van der Waals surface area contributed by atoms with Crippen molar-refractivity contribution in [1.29, 1.82) is 0 Å². The first-order chi connectivity index (χ1) is 6.35. The van der Waals surface area contributed by atoms with E-state index < -0.39 is 0 Å². The van der Waals surface area contributed by atoms with Gasteiger partial charge in [0.1, 0.15) is 0 Å². The molecule has 1 heteroatoms. The van der Waals surface area contributed by atoms with E-state index in [2.05, 4.69) is 13.2 Å². The number of allylic oxidation sites excluding steroid dienone is 2. The van der Waals surface area contributed by atoms with Gasteiger partial charge in [-0.15, -0.1) is 24.8 Å². The van der Waals surface area contributed by atoms with E-state index >= 15 is 0 Å². The molecule has 0 amide bonds. The molecule has 0 unspecified atom stereocenters. The molecule has 0 N–H and O–H groups in total. The van der Waals surface area contributed by atoms with Gasteiger partial charge in [-0.25, -0.2) is 0 Å². The molecule has 13 heavy (non-hydrogen) atoms. The van der Waals surface area contributed by atoms with Crippen molar-refractivity contribution in [3.8, 4) is 0 Å². The molecule has 0 atom stereocenters. The van der Waals surface area contributed by atoms with Crippen LogP contribution in [0.15, 0.2) is 25.3 Å². The molecule has 0 saturated carbocycles. The molecule has 0 heterocycles. The largest absolute Gasteiger partial charge is 0.126 e. The highest BCUT2D eigenvalue weighted by Crippen LogP contribution is 2.17. The summed E-state index contributed by atoms with van der Waals surface area (Å²) in [7, 11) is 0. The average molecular weight is 201 g/mol. The minimum atomic E-state index is 0.696. The standard InChI is InChI=1S/C12H21Cl/c1-3-5-7-9-12(11-13)10-8-6-4-2/h3-4,12H,1-2,5-11H2. The van der Waals surface area contributed by atoms with E-state index in [-0.39, 0.29) is 0 Å². The third-order valence-electron chi connectivity index (χ3n) is 2.26. The van der Waals surface area contributed by atoms with Crippen LogP contribution >= 0.6 is 11.6 Å². The Labute approximate surface area is 87.7 Å². The summed E-state index contributed by atoms with van der Waals surface area (Å²) in [5, 5.41) is 0. The van der Waals surface area contributed by atoms with Gasteiger partial charge in [-0.05, 0) is 44.4 Å². The van der Waals surface area contributed by atoms with Gasteiger partial charge in [0.25, 0.3) is 0 Å². The van der Waals surface area contributed by atoms with E-state index in [0.29, 0.717) is 5.92 Å². The van der Waals surface area contributed by atoms with Crippen molar-refractivity contribution in [3.05, 3.63) is 25.3 Å². The predicted octanol–water partition coefficient (Wildman–Crippen LogP) is 4.55. The zero-order valence-corrected chi connectivity index (χ0v) is 9.23. The van der Waals surface area contributed by atoms with Crippen LogP contribution in [0.25, 0.3) is 0 Å². The molecule has 0 fully saturated rings. The molecule has 0 radical (unpaired) electrons. The minimum Gasteiger partial charge on any atom is -0.126 e. The summed E-state index contributed by atoms with van der Waals surface area (Å²) >= 11 is 5.87. The van der Waals surface area contributed by atoms with Gasteiger partial charge in [0.2, 0.25) is 0 Å². The van der Waals surface area contributed by atoms with Crippen LogP contribution in [-0.4, -0.2) is 5.88 Å². The van der Waals surface area contributed by atoms with Crippen molar-refractivity contribution in [2.75, 3.05) is 5.88 Å². The van der Waals surface area contributed by atoms with Crippen molar-refractivity contribution >= 4 is 11.6 Å². The van der Waals surface area contributed by atoms with Gasteiger partial charge >= 0.3 is 0 Å². The Morgan fingerprint density at radius 2 is 1.46 bits per heavy atom. The number of alkyl halides is 1. The number of unbranched alkanes of at least 4 members (excludes halogenated alkanes) is 2. The lowest BCUT2D eigenvalue weighted by molar-refractivity contribution is 0.468. The summed E-state index contributed by atoms with van der Waals surface area (Å²) < 4.78 is 0. The summed E-state index contributed by atoms with van der Waals surface area (Å²) in [6, 6.07) is 0. The maximum Gasteiger partial charge on any atom is 0.0251 e. The lowest BCUT2D eigenvalue weighted by Gasteiger charge is -2.11. The monoisotopic (exact) mass is 200 g/mol. The van der Waals surface area contributed by atoms with Crippen LogP contribution in [0.3, 0.4) is 0 Å². The Balaban J connectivity index is 3.38. The van der Waals surface area contributed by atoms with Gasteiger partial charge in [0.05, 0.1) is 0 Å². The molecule has 0 aromatic rings. The van der Waals surface area contributed by atoms with Gasteiger partial charge in [0, 0.05) is 5.88 Å². The van der Waals surface area contributed by atoms with E-state index in [9.17, 15) is 0 Å². The van der Waals surface area contributed by atoms with Crippen molar-refractivity contribution in [3.63, 3.8) is 0 Å². The second kappa shape index (κ2) is 9.85. The number of hydrogen-bond acceptors (Lipinski definition) is 0. The van der Waals surface area contributed by atoms with E-state index in [4.69, 9.17) is 11.6 Å². The van der Waals surface area contributed by atoms with Crippen molar-refractivity contribution in [1.82, 2.24) is 0 Å². The van der Waals surface area contributed by atoms with E-state index in [1.54, 1.807) is 0 Å². The SMILES string of the molecule is C=CCCCC(CCl)CCCC=C. The molecular weight excluding hydrogens is 180 g/mol. The maximum absolute atomic E-state index is 5.87. The predicted molar refractivity (Wildman–Crippen MR) is 62.3 cm³/mol. The number of hydrogen-bond donors (Lipinski definition) is 0. The fourth-order valence-electron chi connectivity index (χ4n) is 1.40. The third kappa shape index (κ3) is 8.11. The number of rotatable bonds is 9. The van der Waals surface area contributed by atoms with Crippen LogP contribution in [0.1, 0.15) is 38.5 Å². The molecule has 0 nitrogen and oxygen atoms in total. The third-order valence-corrected chi connectivity index (χ3v) is 2.70. The number of halogens is 1.